The highest BCUT2D eigenvalue weighted by Crippen LogP contribution is 2.21. The summed E-state index contributed by atoms with van der Waals surface area (Å²) in [4.78, 5) is 3.06. The molecular weight excluding hydrogens is 190 g/mol. The Morgan fingerprint density at radius 3 is 2.83 bits per heavy atom. The standard InChI is InChI=1S/C9H6ClNS/c10-7-3-1-2-6-8(12)4-5-11-9(6)7/h1-5H,(H,11,12). The molecule has 0 atom stereocenters. The van der Waals surface area contributed by atoms with Crippen molar-refractivity contribution in [1.82, 2.24) is 4.98 Å². The Balaban J connectivity index is 3.05. The molecule has 1 nitrogen and oxygen atoms in total. The summed E-state index contributed by atoms with van der Waals surface area (Å²) in [5, 5.41) is 1.71. The second kappa shape index (κ2) is 2.88. The molecule has 2 rings (SSSR count). The number of para-hydroxylation sites is 1. The lowest BCUT2D eigenvalue weighted by Crippen LogP contribution is -1.78. The first-order valence-corrected chi connectivity index (χ1v) is 4.33. The highest BCUT2D eigenvalue weighted by molar-refractivity contribution is 7.71. The van der Waals surface area contributed by atoms with Crippen LogP contribution in [0.1, 0.15) is 0 Å². The first-order chi connectivity index (χ1) is 5.79. The van der Waals surface area contributed by atoms with E-state index in [2.05, 4.69) is 4.98 Å². The van der Waals surface area contributed by atoms with Crippen LogP contribution in [-0.2, 0) is 0 Å². The van der Waals surface area contributed by atoms with Crippen LogP contribution in [0.25, 0.3) is 10.9 Å². The zero-order valence-electron chi connectivity index (χ0n) is 6.17. The van der Waals surface area contributed by atoms with Gasteiger partial charge in [-0.3, -0.25) is 0 Å². The number of aromatic amines is 1. The molecule has 1 aromatic carbocycles. The Kier molecular flexibility index (Phi) is 1.87. The number of rotatable bonds is 0. The van der Waals surface area contributed by atoms with Crippen LogP contribution in [0.5, 0.6) is 0 Å². The van der Waals surface area contributed by atoms with Crippen molar-refractivity contribution >= 4 is 34.7 Å². The molecule has 0 unspecified atom stereocenters. The van der Waals surface area contributed by atoms with E-state index < -0.39 is 0 Å². The second-order valence-electron chi connectivity index (χ2n) is 2.50. The number of H-pyrrole nitrogens is 1. The van der Waals surface area contributed by atoms with E-state index in [1.165, 1.54) is 0 Å². The highest BCUT2D eigenvalue weighted by atomic mass is 35.5. The number of aromatic nitrogens is 1. The summed E-state index contributed by atoms with van der Waals surface area (Å²) in [6.45, 7) is 0. The SMILES string of the molecule is S=c1cc[nH]c2c(Cl)cccc12. The third kappa shape index (κ3) is 1.13. The lowest BCUT2D eigenvalue weighted by Gasteiger charge is -1.98. The van der Waals surface area contributed by atoms with E-state index in [9.17, 15) is 0 Å². The quantitative estimate of drug-likeness (QED) is 0.636. The van der Waals surface area contributed by atoms with Crippen LogP contribution in [0.15, 0.2) is 30.5 Å². The number of fused-ring (bicyclic) bond motifs is 1. The third-order valence-electron chi connectivity index (χ3n) is 1.74. The van der Waals surface area contributed by atoms with Gasteiger partial charge in [0.05, 0.1) is 10.5 Å². The van der Waals surface area contributed by atoms with E-state index in [-0.39, 0.29) is 0 Å². The molecule has 2 aromatic rings. The van der Waals surface area contributed by atoms with Crippen LogP contribution >= 0.6 is 23.8 Å². The van der Waals surface area contributed by atoms with E-state index in [0.717, 1.165) is 15.4 Å². The van der Waals surface area contributed by atoms with Crippen LogP contribution in [0.3, 0.4) is 0 Å². The maximum Gasteiger partial charge on any atom is 0.0657 e. The third-order valence-corrected chi connectivity index (χ3v) is 2.41. The average Bonchev–Trinajstić information content (AvgIpc) is 2.07. The van der Waals surface area contributed by atoms with Gasteiger partial charge in [-0.15, -0.1) is 0 Å². The van der Waals surface area contributed by atoms with Crippen molar-refractivity contribution in [3.63, 3.8) is 0 Å². The van der Waals surface area contributed by atoms with Crippen molar-refractivity contribution in [3.05, 3.63) is 40.0 Å². The molecule has 0 saturated heterocycles. The van der Waals surface area contributed by atoms with Crippen LogP contribution in [-0.4, -0.2) is 4.98 Å². The Hall–Kier alpha value is -0.860. The number of pyridine rings is 1. The van der Waals surface area contributed by atoms with Gasteiger partial charge in [-0.05, 0) is 12.1 Å². The van der Waals surface area contributed by atoms with E-state index in [1.54, 1.807) is 6.20 Å². The molecule has 60 valence electrons. The minimum Gasteiger partial charge on any atom is -0.360 e. The van der Waals surface area contributed by atoms with Crippen molar-refractivity contribution in [2.45, 2.75) is 0 Å². The normalized spacial score (nSPS) is 10.4. The van der Waals surface area contributed by atoms with Crippen molar-refractivity contribution in [2.24, 2.45) is 0 Å². The predicted molar refractivity (Wildman–Crippen MR) is 54.1 cm³/mol. The van der Waals surface area contributed by atoms with Crippen molar-refractivity contribution in [1.29, 1.82) is 0 Å². The number of nitrogens with one attached hydrogen (secondary N) is 1. The van der Waals surface area contributed by atoms with E-state index in [1.807, 2.05) is 24.3 Å². The molecule has 1 aromatic heterocycles. The molecular formula is C9H6ClNS. The molecule has 0 amide bonds. The van der Waals surface area contributed by atoms with Crippen LogP contribution in [0.4, 0.5) is 0 Å². The van der Waals surface area contributed by atoms with E-state index in [4.69, 9.17) is 23.8 Å². The average molecular weight is 196 g/mol. The fraction of sp³-hybridized carbons (Fsp3) is 0. The molecule has 1 heterocycles. The fourth-order valence-electron chi connectivity index (χ4n) is 1.17. The summed E-state index contributed by atoms with van der Waals surface area (Å²) in [7, 11) is 0. The predicted octanol–water partition coefficient (Wildman–Crippen LogP) is 3.55. The molecule has 0 aliphatic carbocycles. The first kappa shape index (κ1) is 7.77. The Bertz CT molecular complexity index is 475. The smallest absolute Gasteiger partial charge is 0.0657 e. The van der Waals surface area contributed by atoms with Gasteiger partial charge in [0.25, 0.3) is 0 Å². The molecule has 0 radical (unpaired) electrons. The molecule has 0 aliphatic rings. The Morgan fingerprint density at radius 2 is 2.08 bits per heavy atom. The van der Waals surface area contributed by atoms with Gasteiger partial charge in [-0.1, -0.05) is 36.0 Å². The van der Waals surface area contributed by atoms with Crippen LogP contribution in [0, 0.1) is 4.51 Å². The fourth-order valence-corrected chi connectivity index (χ4v) is 1.63. The molecule has 3 heteroatoms. The maximum atomic E-state index is 5.95. The number of benzene rings is 1. The number of halogens is 1. The van der Waals surface area contributed by atoms with Gasteiger partial charge < -0.3 is 4.98 Å². The molecule has 0 bridgehead atoms. The largest absolute Gasteiger partial charge is 0.360 e. The lowest BCUT2D eigenvalue weighted by molar-refractivity contribution is 1.41. The molecule has 0 spiro atoms. The van der Waals surface area contributed by atoms with Gasteiger partial charge in [-0.25, -0.2) is 0 Å². The van der Waals surface area contributed by atoms with Gasteiger partial charge in [0.2, 0.25) is 0 Å². The summed E-state index contributed by atoms with van der Waals surface area (Å²) in [6.07, 6.45) is 1.80. The van der Waals surface area contributed by atoms with Gasteiger partial charge in [-0.2, -0.15) is 0 Å². The highest BCUT2D eigenvalue weighted by Gasteiger charge is 1.97. The maximum absolute atomic E-state index is 5.95. The van der Waals surface area contributed by atoms with Crippen LogP contribution < -0.4 is 0 Å². The number of hydrogen-bond donors (Lipinski definition) is 1. The zero-order valence-corrected chi connectivity index (χ0v) is 7.75. The zero-order chi connectivity index (χ0) is 8.55. The van der Waals surface area contributed by atoms with Crippen molar-refractivity contribution in [3.8, 4) is 0 Å². The summed E-state index contributed by atoms with van der Waals surface area (Å²) < 4.78 is 0.825. The summed E-state index contributed by atoms with van der Waals surface area (Å²) in [6, 6.07) is 7.55. The summed E-state index contributed by atoms with van der Waals surface area (Å²) >= 11 is 11.1. The Labute approximate surface area is 80.0 Å². The van der Waals surface area contributed by atoms with Crippen LogP contribution in [0.2, 0.25) is 5.02 Å². The summed E-state index contributed by atoms with van der Waals surface area (Å²) in [5.74, 6) is 0. The summed E-state index contributed by atoms with van der Waals surface area (Å²) in [5.41, 5.74) is 0.909. The monoisotopic (exact) mass is 195 g/mol. The molecule has 0 saturated carbocycles. The van der Waals surface area contributed by atoms with Gasteiger partial charge in [0.1, 0.15) is 0 Å². The number of hydrogen-bond acceptors (Lipinski definition) is 1. The van der Waals surface area contributed by atoms with E-state index >= 15 is 0 Å². The van der Waals surface area contributed by atoms with Gasteiger partial charge in [0, 0.05) is 16.1 Å². The first-order valence-electron chi connectivity index (χ1n) is 3.55. The molecule has 0 fully saturated rings. The lowest BCUT2D eigenvalue weighted by atomic mass is 10.2. The molecule has 0 aliphatic heterocycles. The van der Waals surface area contributed by atoms with Crippen molar-refractivity contribution < 1.29 is 0 Å². The molecule has 1 N–H and O–H groups in total. The minimum absolute atomic E-state index is 0.708. The van der Waals surface area contributed by atoms with Gasteiger partial charge in [0.15, 0.2) is 0 Å². The Morgan fingerprint density at radius 1 is 1.25 bits per heavy atom. The van der Waals surface area contributed by atoms with E-state index in [0.29, 0.717) is 5.02 Å². The topological polar surface area (TPSA) is 15.8 Å². The minimum atomic E-state index is 0.708. The van der Waals surface area contributed by atoms with Crippen molar-refractivity contribution in [2.75, 3.05) is 0 Å². The van der Waals surface area contributed by atoms with Gasteiger partial charge >= 0.3 is 0 Å². The molecule has 12 heavy (non-hydrogen) atoms. The second-order valence-corrected chi connectivity index (χ2v) is 3.35.